The quantitative estimate of drug-likeness (QED) is 0.773. The molecule has 0 radical (unpaired) electrons. The lowest BCUT2D eigenvalue weighted by atomic mass is 10.2. The molecule has 0 N–H and O–H groups in total. The Morgan fingerprint density at radius 2 is 1.61 bits per heavy atom. The first-order valence-electron chi connectivity index (χ1n) is 5.75. The van der Waals surface area contributed by atoms with Crippen LogP contribution >= 0.6 is 0 Å². The summed E-state index contributed by atoms with van der Waals surface area (Å²) in [6.45, 7) is 1.97. The summed E-state index contributed by atoms with van der Waals surface area (Å²) in [5, 5.41) is 1.49. The molecule has 18 heavy (non-hydrogen) atoms. The first-order valence-corrected chi connectivity index (χ1v) is 5.75. The van der Waals surface area contributed by atoms with Gasteiger partial charge >= 0.3 is 5.97 Å². The zero-order valence-electron chi connectivity index (χ0n) is 10.5. The zero-order valence-corrected chi connectivity index (χ0v) is 10.5. The van der Waals surface area contributed by atoms with Crippen molar-refractivity contribution in [1.82, 2.24) is 0 Å². The van der Waals surface area contributed by atoms with Crippen LogP contribution in [0.1, 0.15) is 15.9 Å². The molecule has 0 bridgehead atoms. The molecule has 0 saturated heterocycles. The summed E-state index contributed by atoms with van der Waals surface area (Å²) >= 11 is 0. The topological polar surface area (TPSA) is 29.5 Å². The monoisotopic (exact) mass is 241 g/mol. The smallest absolute Gasteiger partial charge is 0.336 e. The molecule has 2 rings (SSSR count). The van der Waals surface area contributed by atoms with Gasteiger partial charge in [-0.15, -0.1) is 0 Å². The molecule has 2 aromatic carbocycles. The van der Waals surface area contributed by atoms with Crippen LogP contribution in [0.5, 0.6) is 0 Å². The lowest BCUT2D eigenvalue weighted by Crippen LogP contribution is -2.23. The Labute approximate surface area is 107 Å². The second-order valence-electron chi connectivity index (χ2n) is 4.03. The number of carbonyl (C=O) groups is 1. The SMILES string of the molecule is Cc1ccccc1N(C)OC(=O)c1ccccc1. The largest absolute Gasteiger partial charge is 0.363 e. The van der Waals surface area contributed by atoms with Gasteiger partial charge in [0, 0.05) is 7.05 Å². The molecule has 92 valence electrons. The molecule has 0 unspecified atom stereocenters. The first kappa shape index (κ1) is 12.2. The van der Waals surface area contributed by atoms with Crippen LogP contribution in [-0.4, -0.2) is 13.0 Å². The Hall–Kier alpha value is -2.29. The van der Waals surface area contributed by atoms with Crippen LogP contribution in [0.2, 0.25) is 0 Å². The number of aryl methyl sites for hydroxylation is 1. The van der Waals surface area contributed by atoms with E-state index in [1.807, 2.05) is 49.4 Å². The predicted octanol–water partition coefficient (Wildman–Crippen LogP) is 3.20. The maximum atomic E-state index is 11.9. The van der Waals surface area contributed by atoms with Crippen molar-refractivity contribution in [3.8, 4) is 0 Å². The van der Waals surface area contributed by atoms with Gasteiger partial charge in [-0.25, -0.2) is 9.86 Å². The van der Waals surface area contributed by atoms with Gasteiger partial charge in [-0.2, -0.15) is 0 Å². The highest BCUT2D eigenvalue weighted by molar-refractivity contribution is 5.89. The number of benzene rings is 2. The van der Waals surface area contributed by atoms with Crippen molar-refractivity contribution in [2.45, 2.75) is 6.92 Å². The fourth-order valence-electron chi connectivity index (χ4n) is 1.72. The maximum absolute atomic E-state index is 11.9. The Morgan fingerprint density at radius 1 is 1.00 bits per heavy atom. The van der Waals surface area contributed by atoms with E-state index in [9.17, 15) is 4.79 Å². The van der Waals surface area contributed by atoms with Gasteiger partial charge < -0.3 is 4.84 Å². The van der Waals surface area contributed by atoms with Gasteiger partial charge in [-0.1, -0.05) is 36.4 Å². The van der Waals surface area contributed by atoms with Crippen LogP contribution in [0, 0.1) is 6.92 Å². The molecule has 3 heteroatoms. The molecule has 0 saturated carbocycles. The fourth-order valence-corrected chi connectivity index (χ4v) is 1.72. The second-order valence-corrected chi connectivity index (χ2v) is 4.03. The number of rotatable bonds is 3. The Morgan fingerprint density at radius 3 is 2.28 bits per heavy atom. The molecule has 0 aliphatic heterocycles. The van der Waals surface area contributed by atoms with Crippen molar-refractivity contribution < 1.29 is 9.63 Å². The molecule has 2 aromatic rings. The van der Waals surface area contributed by atoms with Crippen molar-refractivity contribution in [2.75, 3.05) is 12.1 Å². The van der Waals surface area contributed by atoms with Gasteiger partial charge in [0.1, 0.15) is 0 Å². The minimum atomic E-state index is -0.360. The summed E-state index contributed by atoms with van der Waals surface area (Å²) in [6.07, 6.45) is 0. The van der Waals surface area contributed by atoms with Crippen LogP contribution in [0.3, 0.4) is 0 Å². The van der Waals surface area contributed by atoms with E-state index in [1.165, 1.54) is 5.06 Å². The molecule has 0 heterocycles. The van der Waals surface area contributed by atoms with Crippen molar-refractivity contribution >= 4 is 11.7 Å². The van der Waals surface area contributed by atoms with E-state index in [0.29, 0.717) is 5.56 Å². The molecule has 0 amide bonds. The molecule has 0 spiro atoms. The van der Waals surface area contributed by atoms with Crippen LogP contribution in [0.4, 0.5) is 5.69 Å². The highest BCUT2D eigenvalue weighted by atomic mass is 16.7. The van der Waals surface area contributed by atoms with Crippen molar-refractivity contribution in [3.63, 3.8) is 0 Å². The van der Waals surface area contributed by atoms with Crippen LogP contribution in [0.15, 0.2) is 54.6 Å². The van der Waals surface area contributed by atoms with E-state index >= 15 is 0 Å². The number of carbonyl (C=O) groups excluding carboxylic acids is 1. The third kappa shape index (κ3) is 2.69. The van der Waals surface area contributed by atoms with Gasteiger partial charge in [0.05, 0.1) is 11.3 Å². The third-order valence-electron chi connectivity index (χ3n) is 2.68. The van der Waals surface area contributed by atoms with Crippen LogP contribution < -0.4 is 5.06 Å². The normalized spacial score (nSPS) is 9.89. The highest BCUT2D eigenvalue weighted by Crippen LogP contribution is 2.18. The van der Waals surface area contributed by atoms with Crippen LogP contribution in [0.25, 0.3) is 0 Å². The summed E-state index contributed by atoms with van der Waals surface area (Å²) in [5.41, 5.74) is 2.47. The molecule has 0 atom stereocenters. The Balaban J connectivity index is 2.11. The summed E-state index contributed by atoms with van der Waals surface area (Å²) in [4.78, 5) is 17.2. The van der Waals surface area contributed by atoms with E-state index < -0.39 is 0 Å². The van der Waals surface area contributed by atoms with Crippen LogP contribution in [-0.2, 0) is 4.84 Å². The maximum Gasteiger partial charge on any atom is 0.363 e. The van der Waals surface area contributed by atoms with Gasteiger partial charge in [0.2, 0.25) is 0 Å². The molecule has 3 nitrogen and oxygen atoms in total. The number of hydroxylamine groups is 1. The van der Waals surface area contributed by atoms with Crippen molar-refractivity contribution in [1.29, 1.82) is 0 Å². The lowest BCUT2D eigenvalue weighted by molar-refractivity contribution is 0.0478. The Kier molecular flexibility index (Phi) is 3.63. The van der Waals surface area contributed by atoms with Gasteiger partial charge in [-0.3, -0.25) is 0 Å². The van der Waals surface area contributed by atoms with E-state index in [1.54, 1.807) is 19.2 Å². The molecule has 0 aliphatic carbocycles. The number of nitrogens with zero attached hydrogens (tertiary/aromatic N) is 1. The number of para-hydroxylation sites is 1. The fraction of sp³-hybridized carbons (Fsp3) is 0.133. The summed E-state index contributed by atoms with van der Waals surface area (Å²) in [5.74, 6) is -0.360. The predicted molar refractivity (Wildman–Crippen MR) is 71.4 cm³/mol. The minimum absolute atomic E-state index is 0.360. The lowest BCUT2D eigenvalue weighted by Gasteiger charge is -2.19. The first-order chi connectivity index (χ1) is 8.68. The van der Waals surface area contributed by atoms with Gasteiger partial charge in [0.15, 0.2) is 0 Å². The number of anilines is 1. The van der Waals surface area contributed by atoms with Crippen molar-refractivity contribution in [3.05, 3.63) is 65.7 Å². The minimum Gasteiger partial charge on any atom is -0.336 e. The summed E-state index contributed by atoms with van der Waals surface area (Å²) < 4.78 is 0. The van der Waals surface area contributed by atoms with E-state index in [-0.39, 0.29) is 5.97 Å². The average molecular weight is 241 g/mol. The zero-order chi connectivity index (χ0) is 13.0. The average Bonchev–Trinajstić information content (AvgIpc) is 2.40. The summed E-state index contributed by atoms with van der Waals surface area (Å²) in [6, 6.07) is 16.7. The van der Waals surface area contributed by atoms with Crippen molar-refractivity contribution in [2.24, 2.45) is 0 Å². The summed E-state index contributed by atoms with van der Waals surface area (Å²) in [7, 11) is 1.73. The van der Waals surface area contributed by atoms with E-state index in [4.69, 9.17) is 4.84 Å². The Bertz CT molecular complexity index is 537. The molecule has 0 aromatic heterocycles. The second kappa shape index (κ2) is 5.36. The van der Waals surface area contributed by atoms with E-state index in [0.717, 1.165) is 11.3 Å². The standard InChI is InChI=1S/C15H15NO2/c1-12-8-6-7-11-14(12)16(2)18-15(17)13-9-4-3-5-10-13/h3-11H,1-2H3. The molecule has 0 aliphatic rings. The molecular formula is C15H15NO2. The van der Waals surface area contributed by atoms with Gasteiger partial charge in [0.25, 0.3) is 0 Å². The molecular weight excluding hydrogens is 226 g/mol. The number of hydrogen-bond donors (Lipinski definition) is 0. The highest BCUT2D eigenvalue weighted by Gasteiger charge is 2.11. The third-order valence-corrected chi connectivity index (χ3v) is 2.68. The van der Waals surface area contributed by atoms with E-state index in [2.05, 4.69) is 0 Å². The molecule has 0 fully saturated rings. The number of hydrogen-bond acceptors (Lipinski definition) is 3. The van der Waals surface area contributed by atoms with Gasteiger partial charge in [-0.05, 0) is 30.7 Å².